The molecule has 0 atom stereocenters. The first kappa shape index (κ1) is 18.2. The van der Waals surface area contributed by atoms with Crippen molar-refractivity contribution >= 4 is 33.0 Å². The fourth-order valence-electron chi connectivity index (χ4n) is 4.15. The standard InChI is InChI=1S/C29H23N/c1-21(23-10-4-3-5-11-23)20-22(2)24-16-18-25(19-17-24)30-28-14-8-6-12-26(28)27-13-7-9-15-29(27)30/h3-20H,1H2,2H3/b22-20+. The average Bonchev–Trinajstić information content (AvgIpc) is 3.14. The predicted octanol–water partition coefficient (Wildman–Crippen LogP) is 7.90. The normalized spacial score (nSPS) is 11.8. The Morgan fingerprint density at radius 1 is 0.633 bits per heavy atom. The molecule has 144 valence electrons. The van der Waals surface area contributed by atoms with Crippen LogP contribution in [0.3, 0.4) is 0 Å². The predicted molar refractivity (Wildman–Crippen MR) is 130 cm³/mol. The molecule has 0 radical (unpaired) electrons. The van der Waals surface area contributed by atoms with Gasteiger partial charge < -0.3 is 4.57 Å². The van der Waals surface area contributed by atoms with Crippen LogP contribution in [-0.4, -0.2) is 4.57 Å². The van der Waals surface area contributed by atoms with Crippen LogP contribution in [0.5, 0.6) is 0 Å². The van der Waals surface area contributed by atoms with Crippen molar-refractivity contribution in [3.05, 3.63) is 127 Å². The Labute approximate surface area is 177 Å². The number of para-hydroxylation sites is 2. The van der Waals surface area contributed by atoms with E-state index >= 15 is 0 Å². The van der Waals surface area contributed by atoms with Gasteiger partial charge in [-0.25, -0.2) is 0 Å². The van der Waals surface area contributed by atoms with Gasteiger partial charge in [0, 0.05) is 16.5 Å². The molecule has 0 bridgehead atoms. The molecule has 1 nitrogen and oxygen atoms in total. The Kier molecular flexibility index (Phi) is 4.57. The van der Waals surface area contributed by atoms with Gasteiger partial charge in [0.05, 0.1) is 11.0 Å². The second-order valence-corrected chi connectivity index (χ2v) is 7.64. The lowest BCUT2D eigenvalue weighted by molar-refractivity contribution is 1.18. The lowest BCUT2D eigenvalue weighted by Crippen LogP contribution is -1.94. The van der Waals surface area contributed by atoms with Crippen molar-refractivity contribution in [2.45, 2.75) is 6.92 Å². The maximum atomic E-state index is 4.24. The summed E-state index contributed by atoms with van der Waals surface area (Å²) in [5.74, 6) is 0. The highest BCUT2D eigenvalue weighted by atomic mass is 15.0. The van der Waals surface area contributed by atoms with Gasteiger partial charge in [-0.1, -0.05) is 91.5 Å². The number of fused-ring (bicyclic) bond motifs is 3. The quantitative estimate of drug-likeness (QED) is 0.277. The van der Waals surface area contributed by atoms with Crippen LogP contribution in [0.15, 0.2) is 116 Å². The monoisotopic (exact) mass is 385 g/mol. The molecule has 0 saturated carbocycles. The molecule has 1 heterocycles. The Balaban J connectivity index is 1.54. The van der Waals surface area contributed by atoms with E-state index in [1.807, 2.05) is 18.2 Å². The first-order chi connectivity index (χ1) is 14.7. The second-order valence-electron chi connectivity index (χ2n) is 7.64. The van der Waals surface area contributed by atoms with Crippen molar-refractivity contribution in [2.75, 3.05) is 0 Å². The van der Waals surface area contributed by atoms with Gasteiger partial charge in [-0.15, -0.1) is 0 Å². The fourth-order valence-corrected chi connectivity index (χ4v) is 4.15. The van der Waals surface area contributed by atoms with Crippen molar-refractivity contribution in [2.24, 2.45) is 0 Å². The van der Waals surface area contributed by atoms with Gasteiger partial charge in [0.15, 0.2) is 0 Å². The first-order valence-corrected chi connectivity index (χ1v) is 10.2. The summed E-state index contributed by atoms with van der Waals surface area (Å²) in [4.78, 5) is 0. The van der Waals surface area contributed by atoms with Crippen molar-refractivity contribution in [3.63, 3.8) is 0 Å². The minimum atomic E-state index is 1.03. The van der Waals surface area contributed by atoms with Crippen molar-refractivity contribution in [1.29, 1.82) is 0 Å². The maximum Gasteiger partial charge on any atom is 0.0541 e. The molecule has 0 spiro atoms. The van der Waals surface area contributed by atoms with E-state index in [4.69, 9.17) is 0 Å². The Bertz CT molecular complexity index is 1330. The van der Waals surface area contributed by atoms with Gasteiger partial charge in [-0.2, -0.15) is 0 Å². The molecule has 0 aliphatic carbocycles. The number of benzene rings is 4. The third-order valence-electron chi connectivity index (χ3n) is 5.70. The number of hydrogen-bond donors (Lipinski definition) is 0. The van der Waals surface area contributed by atoms with E-state index in [1.54, 1.807) is 0 Å². The van der Waals surface area contributed by atoms with Crippen molar-refractivity contribution in [3.8, 4) is 5.69 Å². The molecule has 0 N–H and O–H groups in total. The first-order valence-electron chi connectivity index (χ1n) is 10.2. The molecule has 30 heavy (non-hydrogen) atoms. The number of aromatic nitrogens is 1. The number of allylic oxidation sites excluding steroid dienone is 3. The van der Waals surface area contributed by atoms with E-state index in [1.165, 1.54) is 38.6 Å². The third kappa shape index (κ3) is 3.15. The summed E-state index contributed by atoms with van der Waals surface area (Å²) < 4.78 is 2.34. The topological polar surface area (TPSA) is 4.93 Å². The smallest absolute Gasteiger partial charge is 0.0541 e. The minimum Gasteiger partial charge on any atom is -0.309 e. The van der Waals surface area contributed by atoms with Crippen LogP contribution in [0.25, 0.3) is 38.6 Å². The lowest BCUT2D eigenvalue weighted by atomic mass is 10.0. The Morgan fingerprint density at radius 3 is 1.77 bits per heavy atom. The highest BCUT2D eigenvalue weighted by Crippen LogP contribution is 2.32. The summed E-state index contributed by atoms with van der Waals surface area (Å²) in [7, 11) is 0. The van der Waals surface area contributed by atoms with Gasteiger partial charge in [-0.3, -0.25) is 0 Å². The molecule has 0 fully saturated rings. The lowest BCUT2D eigenvalue weighted by Gasteiger charge is -2.10. The summed E-state index contributed by atoms with van der Waals surface area (Å²) in [6.07, 6.45) is 2.16. The summed E-state index contributed by atoms with van der Waals surface area (Å²) >= 11 is 0. The summed E-state index contributed by atoms with van der Waals surface area (Å²) in [5.41, 5.74) is 8.23. The number of hydrogen-bond acceptors (Lipinski definition) is 0. The summed E-state index contributed by atoms with van der Waals surface area (Å²) in [6.45, 7) is 6.38. The highest BCUT2D eigenvalue weighted by Gasteiger charge is 2.11. The van der Waals surface area contributed by atoms with Crippen molar-refractivity contribution < 1.29 is 0 Å². The number of rotatable bonds is 4. The van der Waals surface area contributed by atoms with E-state index < -0.39 is 0 Å². The van der Waals surface area contributed by atoms with Crippen molar-refractivity contribution in [1.82, 2.24) is 4.57 Å². The maximum absolute atomic E-state index is 4.24. The molecule has 0 amide bonds. The van der Waals surface area contributed by atoms with Gasteiger partial charge in [0.1, 0.15) is 0 Å². The van der Waals surface area contributed by atoms with E-state index in [2.05, 4.69) is 109 Å². The Hall–Kier alpha value is -3.84. The summed E-state index contributed by atoms with van der Waals surface area (Å²) in [5, 5.41) is 2.57. The largest absolute Gasteiger partial charge is 0.309 e. The van der Waals surface area contributed by atoms with Gasteiger partial charge in [0.25, 0.3) is 0 Å². The van der Waals surface area contributed by atoms with Crippen LogP contribution in [-0.2, 0) is 0 Å². The van der Waals surface area contributed by atoms with Gasteiger partial charge >= 0.3 is 0 Å². The molecular formula is C29H23N. The molecular weight excluding hydrogens is 362 g/mol. The molecule has 1 aromatic heterocycles. The van der Waals surface area contributed by atoms with Gasteiger partial charge in [-0.05, 0) is 53.5 Å². The van der Waals surface area contributed by atoms with Crippen LogP contribution in [0.2, 0.25) is 0 Å². The van der Waals surface area contributed by atoms with E-state index in [0.29, 0.717) is 0 Å². The highest BCUT2D eigenvalue weighted by molar-refractivity contribution is 6.09. The Morgan fingerprint density at radius 2 is 1.17 bits per heavy atom. The molecule has 4 aromatic carbocycles. The van der Waals surface area contributed by atoms with E-state index in [0.717, 1.165) is 11.1 Å². The fraction of sp³-hybridized carbons (Fsp3) is 0.0345. The molecule has 5 aromatic rings. The molecule has 0 aliphatic rings. The molecule has 0 unspecified atom stereocenters. The third-order valence-corrected chi connectivity index (χ3v) is 5.70. The van der Waals surface area contributed by atoms with E-state index in [-0.39, 0.29) is 0 Å². The van der Waals surface area contributed by atoms with Crippen LogP contribution in [0, 0.1) is 0 Å². The van der Waals surface area contributed by atoms with Crippen LogP contribution < -0.4 is 0 Å². The zero-order valence-corrected chi connectivity index (χ0v) is 17.0. The van der Waals surface area contributed by atoms with E-state index in [9.17, 15) is 0 Å². The zero-order chi connectivity index (χ0) is 20.5. The van der Waals surface area contributed by atoms with Crippen LogP contribution >= 0.6 is 0 Å². The summed E-state index contributed by atoms with van der Waals surface area (Å²) in [6, 6.07) is 36.3. The molecule has 0 saturated heterocycles. The minimum absolute atomic E-state index is 1.03. The molecule has 5 rings (SSSR count). The SMILES string of the molecule is C=C(/C=C(\C)c1ccc(-n2c3ccccc3c3ccccc32)cc1)c1ccccc1. The zero-order valence-electron chi connectivity index (χ0n) is 17.0. The van der Waals surface area contributed by atoms with Gasteiger partial charge in [0.2, 0.25) is 0 Å². The molecule has 1 heteroatoms. The van der Waals surface area contributed by atoms with Crippen LogP contribution in [0.1, 0.15) is 18.1 Å². The second kappa shape index (κ2) is 7.53. The molecule has 0 aliphatic heterocycles. The van der Waals surface area contributed by atoms with Crippen LogP contribution in [0.4, 0.5) is 0 Å². The number of nitrogens with zero attached hydrogens (tertiary/aromatic N) is 1. The average molecular weight is 386 g/mol.